The lowest BCUT2D eigenvalue weighted by atomic mass is 9.83. The second kappa shape index (κ2) is 8.02. The predicted molar refractivity (Wildman–Crippen MR) is 85.5 cm³/mol. The lowest BCUT2D eigenvalue weighted by molar-refractivity contribution is -0.133. The fraction of sp³-hybridized carbons (Fsp3) is 0.941. The summed E-state index contributed by atoms with van der Waals surface area (Å²) in [5.41, 5.74) is 5.81. The molecular formula is C17H34N2O. The normalized spacial score (nSPS) is 23.6. The van der Waals surface area contributed by atoms with Gasteiger partial charge < -0.3 is 10.6 Å². The van der Waals surface area contributed by atoms with E-state index >= 15 is 0 Å². The largest absolute Gasteiger partial charge is 0.343 e. The van der Waals surface area contributed by atoms with Crippen molar-refractivity contribution in [1.29, 1.82) is 0 Å². The Labute approximate surface area is 125 Å². The highest BCUT2D eigenvalue weighted by Gasteiger charge is 2.26. The summed E-state index contributed by atoms with van der Waals surface area (Å²) in [6.45, 7) is 7.40. The zero-order valence-corrected chi connectivity index (χ0v) is 14.0. The predicted octanol–water partition coefficient (Wildman–Crippen LogP) is 3.57. The van der Waals surface area contributed by atoms with Crippen LogP contribution in [0.15, 0.2) is 0 Å². The molecule has 1 saturated carbocycles. The van der Waals surface area contributed by atoms with Crippen LogP contribution >= 0.6 is 0 Å². The molecule has 20 heavy (non-hydrogen) atoms. The zero-order chi connectivity index (χ0) is 15.2. The molecule has 1 aliphatic carbocycles. The van der Waals surface area contributed by atoms with Crippen LogP contribution < -0.4 is 5.73 Å². The smallest absolute Gasteiger partial charge is 0.222 e. The number of nitrogens with two attached hydrogens (primary N) is 1. The van der Waals surface area contributed by atoms with Gasteiger partial charge in [-0.1, -0.05) is 27.2 Å². The molecule has 1 rings (SSSR count). The summed E-state index contributed by atoms with van der Waals surface area (Å²) in [7, 11) is 2.00. The molecule has 0 spiro atoms. The molecule has 0 heterocycles. The standard InChI is InChI=1S/C17H34N2O/c1-5-14-6-8-15(9-7-14)19(4)16(20)10-11-17(2,3)12-13-18/h14-15H,5-13,18H2,1-4H3. The minimum Gasteiger partial charge on any atom is -0.343 e. The van der Waals surface area contributed by atoms with Crippen molar-refractivity contribution in [3.05, 3.63) is 0 Å². The first kappa shape index (κ1) is 17.5. The van der Waals surface area contributed by atoms with Crippen LogP contribution in [0.2, 0.25) is 0 Å². The highest BCUT2D eigenvalue weighted by Crippen LogP contribution is 2.30. The quantitative estimate of drug-likeness (QED) is 0.776. The van der Waals surface area contributed by atoms with Gasteiger partial charge in [-0.25, -0.2) is 0 Å². The van der Waals surface area contributed by atoms with Gasteiger partial charge in [0.1, 0.15) is 0 Å². The van der Waals surface area contributed by atoms with E-state index in [9.17, 15) is 4.79 Å². The van der Waals surface area contributed by atoms with Crippen molar-refractivity contribution < 1.29 is 4.79 Å². The van der Waals surface area contributed by atoms with Crippen LogP contribution in [-0.4, -0.2) is 30.4 Å². The van der Waals surface area contributed by atoms with Gasteiger partial charge in [-0.15, -0.1) is 0 Å². The Morgan fingerprint density at radius 1 is 1.20 bits per heavy atom. The van der Waals surface area contributed by atoms with E-state index in [-0.39, 0.29) is 5.41 Å². The second-order valence-corrected chi connectivity index (χ2v) is 7.29. The molecule has 0 aromatic carbocycles. The van der Waals surface area contributed by atoms with Crippen LogP contribution in [0.3, 0.4) is 0 Å². The van der Waals surface area contributed by atoms with Crippen LogP contribution in [0, 0.1) is 11.3 Å². The van der Waals surface area contributed by atoms with Gasteiger partial charge in [-0.2, -0.15) is 0 Å². The monoisotopic (exact) mass is 282 g/mol. The number of carbonyl (C=O) groups is 1. The Morgan fingerprint density at radius 2 is 1.80 bits per heavy atom. The molecular weight excluding hydrogens is 248 g/mol. The van der Waals surface area contributed by atoms with Crippen LogP contribution in [0.5, 0.6) is 0 Å². The lowest BCUT2D eigenvalue weighted by Crippen LogP contribution is -2.39. The average molecular weight is 282 g/mol. The second-order valence-electron chi connectivity index (χ2n) is 7.29. The number of nitrogens with zero attached hydrogens (tertiary/aromatic N) is 1. The van der Waals surface area contributed by atoms with Crippen LogP contribution in [0.1, 0.15) is 72.1 Å². The molecule has 0 radical (unpaired) electrons. The van der Waals surface area contributed by atoms with Crippen molar-refractivity contribution in [2.45, 2.75) is 78.2 Å². The van der Waals surface area contributed by atoms with E-state index in [1.54, 1.807) is 0 Å². The minimum absolute atomic E-state index is 0.186. The van der Waals surface area contributed by atoms with Gasteiger partial charge in [-0.05, 0) is 56.4 Å². The molecule has 0 unspecified atom stereocenters. The molecule has 2 N–H and O–H groups in total. The van der Waals surface area contributed by atoms with Crippen LogP contribution in [0.4, 0.5) is 0 Å². The third-order valence-electron chi connectivity index (χ3n) is 5.17. The summed E-state index contributed by atoms with van der Waals surface area (Å²) in [4.78, 5) is 14.4. The maximum absolute atomic E-state index is 12.3. The molecule has 0 aliphatic heterocycles. The van der Waals surface area contributed by atoms with Gasteiger partial charge in [0.15, 0.2) is 0 Å². The number of hydrogen-bond acceptors (Lipinski definition) is 2. The van der Waals surface area contributed by atoms with Crippen molar-refractivity contribution in [2.24, 2.45) is 17.1 Å². The average Bonchev–Trinajstić information content (AvgIpc) is 2.44. The van der Waals surface area contributed by atoms with Gasteiger partial charge in [0.05, 0.1) is 0 Å². The van der Waals surface area contributed by atoms with Gasteiger partial charge in [0.25, 0.3) is 0 Å². The van der Waals surface area contributed by atoms with Crippen molar-refractivity contribution in [2.75, 3.05) is 13.6 Å². The maximum Gasteiger partial charge on any atom is 0.222 e. The molecule has 118 valence electrons. The van der Waals surface area contributed by atoms with Gasteiger partial charge in [0, 0.05) is 19.5 Å². The van der Waals surface area contributed by atoms with Crippen LogP contribution in [-0.2, 0) is 4.79 Å². The van der Waals surface area contributed by atoms with Crippen molar-refractivity contribution >= 4 is 5.91 Å². The number of rotatable bonds is 7. The first-order chi connectivity index (χ1) is 9.39. The summed E-state index contributed by atoms with van der Waals surface area (Å²) >= 11 is 0. The molecule has 0 aromatic heterocycles. The molecule has 3 heteroatoms. The molecule has 0 saturated heterocycles. The first-order valence-electron chi connectivity index (χ1n) is 8.35. The van der Waals surface area contributed by atoms with Gasteiger partial charge in [0.2, 0.25) is 5.91 Å². The number of carbonyl (C=O) groups excluding carboxylic acids is 1. The van der Waals surface area contributed by atoms with E-state index in [1.807, 2.05) is 11.9 Å². The van der Waals surface area contributed by atoms with Gasteiger partial charge >= 0.3 is 0 Å². The Morgan fingerprint density at radius 3 is 2.30 bits per heavy atom. The zero-order valence-electron chi connectivity index (χ0n) is 14.0. The van der Waals surface area contributed by atoms with E-state index in [1.165, 1.54) is 32.1 Å². The maximum atomic E-state index is 12.3. The topological polar surface area (TPSA) is 46.3 Å². The number of hydrogen-bond donors (Lipinski definition) is 1. The highest BCUT2D eigenvalue weighted by molar-refractivity contribution is 5.76. The molecule has 0 atom stereocenters. The molecule has 3 nitrogen and oxygen atoms in total. The Balaban J connectivity index is 2.36. The summed E-state index contributed by atoms with van der Waals surface area (Å²) in [6.07, 6.45) is 8.84. The summed E-state index contributed by atoms with van der Waals surface area (Å²) in [5.74, 6) is 1.20. The fourth-order valence-corrected chi connectivity index (χ4v) is 3.28. The van der Waals surface area contributed by atoms with E-state index in [0.29, 0.717) is 24.9 Å². The van der Waals surface area contributed by atoms with E-state index < -0.39 is 0 Å². The summed E-state index contributed by atoms with van der Waals surface area (Å²) in [6, 6.07) is 0.475. The molecule has 0 bridgehead atoms. The molecule has 1 amide bonds. The Kier molecular flexibility index (Phi) is 7.01. The van der Waals surface area contributed by atoms with Crippen LogP contribution in [0.25, 0.3) is 0 Å². The fourth-order valence-electron chi connectivity index (χ4n) is 3.28. The third-order valence-corrected chi connectivity index (χ3v) is 5.17. The van der Waals surface area contributed by atoms with E-state index in [2.05, 4.69) is 20.8 Å². The van der Waals surface area contributed by atoms with Crippen molar-refractivity contribution in [3.63, 3.8) is 0 Å². The summed E-state index contributed by atoms with van der Waals surface area (Å²) < 4.78 is 0. The van der Waals surface area contributed by atoms with Crippen molar-refractivity contribution in [1.82, 2.24) is 4.90 Å². The molecule has 1 fully saturated rings. The van der Waals surface area contributed by atoms with Crippen molar-refractivity contribution in [3.8, 4) is 0 Å². The SMILES string of the molecule is CCC1CCC(N(C)C(=O)CCC(C)(C)CCN)CC1. The lowest BCUT2D eigenvalue weighted by Gasteiger charge is -2.35. The molecule has 0 aromatic rings. The number of amides is 1. The summed E-state index contributed by atoms with van der Waals surface area (Å²) in [5, 5.41) is 0. The Bertz CT molecular complexity index is 293. The van der Waals surface area contributed by atoms with E-state index in [0.717, 1.165) is 18.8 Å². The van der Waals surface area contributed by atoms with E-state index in [4.69, 9.17) is 5.73 Å². The molecule has 1 aliphatic rings. The third kappa shape index (κ3) is 5.43. The van der Waals surface area contributed by atoms with Gasteiger partial charge in [-0.3, -0.25) is 4.79 Å². The Hall–Kier alpha value is -0.570. The highest BCUT2D eigenvalue weighted by atomic mass is 16.2. The first-order valence-corrected chi connectivity index (χ1v) is 8.35. The minimum atomic E-state index is 0.186.